The summed E-state index contributed by atoms with van der Waals surface area (Å²) in [6.45, 7) is 1.26. The maximum absolute atomic E-state index is 13.7. The fourth-order valence-electron chi connectivity index (χ4n) is 6.03. The number of hydrogen-bond donors (Lipinski definition) is 2. The summed E-state index contributed by atoms with van der Waals surface area (Å²) >= 11 is 0. The van der Waals surface area contributed by atoms with E-state index in [1.165, 1.54) is 22.8 Å². The Morgan fingerprint density at radius 1 is 1.04 bits per heavy atom. The summed E-state index contributed by atoms with van der Waals surface area (Å²) in [7, 11) is -3.52. The van der Waals surface area contributed by atoms with E-state index in [9.17, 15) is 26.0 Å². The number of halogens is 4. The smallest absolute Gasteiger partial charge is 0.406 e. The monoisotopic (exact) mass is 650 g/mol. The first-order valence-corrected chi connectivity index (χ1v) is 16.9. The lowest BCUT2D eigenvalue weighted by atomic mass is 9.89. The molecule has 2 heterocycles. The Morgan fingerprint density at radius 2 is 1.80 bits per heavy atom. The minimum Gasteiger partial charge on any atom is -0.489 e. The molecule has 1 aromatic heterocycles. The highest BCUT2D eigenvalue weighted by Crippen LogP contribution is 2.33. The van der Waals surface area contributed by atoms with Gasteiger partial charge in [0.1, 0.15) is 25.6 Å². The van der Waals surface area contributed by atoms with Gasteiger partial charge in [0.15, 0.2) is 9.84 Å². The first-order valence-electron chi connectivity index (χ1n) is 15.0. The average molecular weight is 651 g/mol. The maximum atomic E-state index is 13.7. The summed E-state index contributed by atoms with van der Waals surface area (Å²) < 4.78 is 89.7. The van der Waals surface area contributed by atoms with Gasteiger partial charge in [0, 0.05) is 48.6 Å². The normalized spacial score (nSPS) is 19.6. The van der Waals surface area contributed by atoms with Gasteiger partial charge in [-0.2, -0.15) is 13.2 Å². The number of ether oxygens (including phenoxy) is 2. The summed E-state index contributed by atoms with van der Waals surface area (Å²) in [6, 6.07) is 11.9. The molecule has 1 saturated carbocycles. The molecule has 2 aromatic carbocycles. The molecule has 2 fully saturated rings. The van der Waals surface area contributed by atoms with Crippen LogP contribution in [0.5, 0.6) is 5.75 Å². The fourth-order valence-corrected chi connectivity index (χ4v) is 6.67. The van der Waals surface area contributed by atoms with Gasteiger partial charge in [-0.15, -0.1) is 0 Å². The minimum atomic E-state index is -4.45. The van der Waals surface area contributed by atoms with Crippen LogP contribution >= 0.6 is 0 Å². The number of benzene rings is 2. The molecule has 0 unspecified atom stereocenters. The van der Waals surface area contributed by atoms with Gasteiger partial charge in [0.2, 0.25) is 0 Å². The second-order valence-electron chi connectivity index (χ2n) is 11.4. The Labute approximate surface area is 261 Å². The van der Waals surface area contributed by atoms with Crippen molar-refractivity contribution in [2.75, 3.05) is 63.0 Å². The van der Waals surface area contributed by atoms with Crippen molar-refractivity contribution >= 4 is 32.1 Å². The largest absolute Gasteiger partial charge is 0.489 e. The van der Waals surface area contributed by atoms with Gasteiger partial charge in [-0.1, -0.05) is 12.0 Å². The Bertz CT molecular complexity index is 1630. The molecule has 45 heavy (non-hydrogen) atoms. The van der Waals surface area contributed by atoms with Crippen LogP contribution in [0, 0.1) is 11.8 Å². The van der Waals surface area contributed by atoms with E-state index < -0.39 is 29.2 Å². The van der Waals surface area contributed by atoms with Crippen LogP contribution in [0.4, 0.5) is 28.9 Å². The standard InChI is InChI=1S/C32H38F4N4O4S/c1-45(41,42)26-11-12-29(31(21-26)44-17-13-33)37-14-3-4-25-20-27-28(5-2-6-30(27)40(25)22-32(34,35)36)38-23-7-9-24(10-8-23)39-15-18-43-19-16-39/h2,5-6,11-12,20-21,23-24,37-38H,7-10,13-19,22H2,1H3. The van der Waals surface area contributed by atoms with Crippen LogP contribution in [-0.4, -0.2) is 88.5 Å². The highest BCUT2D eigenvalue weighted by Gasteiger charge is 2.31. The SMILES string of the molecule is CS(=O)(=O)c1ccc(NCC#Cc2cc3c(NC4CCC(N5CCOCC5)CC4)cccc3n2CC(F)(F)F)c(OCCF)c1. The van der Waals surface area contributed by atoms with Gasteiger partial charge in [-0.25, -0.2) is 12.8 Å². The molecule has 0 spiro atoms. The molecule has 0 bridgehead atoms. The van der Waals surface area contributed by atoms with E-state index in [4.69, 9.17) is 9.47 Å². The van der Waals surface area contributed by atoms with Crippen molar-refractivity contribution in [1.82, 2.24) is 9.47 Å². The minimum absolute atomic E-state index is 0.0132. The van der Waals surface area contributed by atoms with E-state index >= 15 is 0 Å². The van der Waals surface area contributed by atoms with E-state index in [0.717, 1.165) is 63.9 Å². The van der Waals surface area contributed by atoms with Gasteiger partial charge < -0.3 is 24.7 Å². The van der Waals surface area contributed by atoms with Gasteiger partial charge in [-0.3, -0.25) is 4.90 Å². The molecule has 0 amide bonds. The zero-order chi connectivity index (χ0) is 32.0. The Hall–Kier alpha value is -3.47. The van der Waals surface area contributed by atoms with Crippen LogP contribution < -0.4 is 15.4 Å². The van der Waals surface area contributed by atoms with E-state index in [2.05, 4.69) is 27.4 Å². The van der Waals surface area contributed by atoms with Crippen molar-refractivity contribution in [3.63, 3.8) is 0 Å². The number of fused-ring (bicyclic) bond motifs is 1. The summed E-state index contributed by atoms with van der Waals surface area (Å²) in [5.41, 5.74) is 1.83. The molecule has 8 nitrogen and oxygen atoms in total. The zero-order valence-corrected chi connectivity index (χ0v) is 25.9. The van der Waals surface area contributed by atoms with Crippen LogP contribution in [0.15, 0.2) is 47.4 Å². The topological polar surface area (TPSA) is 84.8 Å². The van der Waals surface area contributed by atoms with E-state index in [0.29, 0.717) is 22.6 Å². The average Bonchev–Trinajstić information content (AvgIpc) is 3.35. The number of rotatable bonds is 10. The zero-order valence-electron chi connectivity index (χ0n) is 25.1. The maximum Gasteiger partial charge on any atom is 0.406 e. The number of hydrogen-bond acceptors (Lipinski definition) is 7. The summed E-state index contributed by atoms with van der Waals surface area (Å²) in [5, 5.41) is 7.26. The van der Waals surface area contributed by atoms with Crippen LogP contribution in [0.25, 0.3) is 10.9 Å². The number of morpholine rings is 1. The lowest BCUT2D eigenvalue weighted by Gasteiger charge is -2.39. The quantitative estimate of drug-likeness (QED) is 0.222. The second kappa shape index (κ2) is 14.3. The Kier molecular flexibility index (Phi) is 10.5. The summed E-state index contributed by atoms with van der Waals surface area (Å²) in [5.74, 6) is 5.89. The molecule has 0 atom stereocenters. The molecule has 244 valence electrons. The number of nitrogens with one attached hydrogen (secondary N) is 2. The van der Waals surface area contributed by atoms with Crippen LogP contribution in [0.3, 0.4) is 0 Å². The van der Waals surface area contributed by atoms with Crippen molar-refractivity contribution < 1.29 is 35.5 Å². The van der Waals surface area contributed by atoms with Crippen LogP contribution in [0.2, 0.25) is 0 Å². The van der Waals surface area contributed by atoms with Gasteiger partial charge in [-0.05, 0) is 61.9 Å². The molecular weight excluding hydrogens is 612 g/mol. The molecule has 13 heteroatoms. The van der Waals surface area contributed by atoms with Gasteiger partial charge >= 0.3 is 6.18 Å². The van der Waals surface area contributed by atoms with Gasteiger partial charge in [0.25, 0.3) is 0 Å². The summed E-state index contributed by atoms with van der Waals surface area (Å²) in [4.78, 5) is 2.51. The van der Waals surface area contributed by atoms with Crippen molar-refractivity contribution in [1.29, 1.82) is 0 Å². The van der Waals surface area contributed by atoms with E-state index in [-0.39, 0.29) is 35.5 Å². The number of sulfone groups is 1. The molecule has 5 rings (SSSR count). The first-order chi connectivity index (χ1) is 21.5. The number of anilines is 2. The number of nitrogens with zero attached hydrogens (tertiary/aromatic N) is 2. The molecule has 1 aliphatic carbocycles. The molecule has 0 radical (unpaired) electrons. The molecule has 1 aliphatic heterocycles. The molecule has 3 aromatic rings. The molecule has 1 saturated heterocycles. The van der Waals surface area contributed by atoms with Gasteiger partial charge in [0.05, 0.1) is 41.6 Å². The Morgan fingerprint density at radius 3 is 2.49 bits per heavy atom. The van der Waals surface area contributed by atoms with Crippen molar-refractivity contribution in [2.45, 2.75) is 55.4 Å². The third kappa shape index (κ3) is 8.62. The van der Waals surface area contributed by atoms with Crippen molar-refractivity contribution in [2.24, 2.45) is 0 Å². The highest BCUT2D eigenvalue weighted by molar-refractivity contribution is 7.90. The van der Waals surface area contributed by atoms with Crippen molar-refractivity contribution in [3.8, 4) is 17.6 Å². The molecule has 2 aliphatic rings. The predicted molar refractivity (Wildman–Crippen MR) is 166 cm³/mol. The lowest BCUT2D eigenvalue weighted by molar-refractivity contribution is -0.140. The molecule has 2 N–H and O–H groups in total. The van der Waals surface area contributed by atoms with Crippen LogP contribution in [0.1, 0.15) is 31.4 Å². The van der Waals surface area contributed by atoms with E-state index in [1.807, 2.05) is 6.07 Å². The van der Waals surface area contributed by atoms with E-state index in [1.54, 1.807) is 18.2 Å². The molecular formula is C32H38F4N4O4S. The highest BCUT2D eigenvalue weighted by atomic mass is 32.2. The third-order valence-electron chi connectivity index (χ3n) is 8.20. The third-order valence-corrected chi connectivity index (χ3v) is 9.31. The lowest BCUT2D eigenvalue weighted by Crippen LogP contribution is -2.46. The number of alkyl halides is 4. The van der Waals surface area contributed by atoms with Crippen LogP contribution in [-0.2, 0) is 21.1 Å². The van der Waals surface area contributed by atoms with Crippen molar-refractivity contribution in [3.05, 3.63) is 48.2 Å². The second-order valence-corrected chi connectivity index (χ2v) is 13.4. The fraction of sp³-hybridized carbons (Fsp3) is 0.500. The Balaban J connectivity index is 1.33. The summed E-state index contributed by atoms with van der Waals surface area (Å²) in [6.07, 6.45) is 0.669. The number of aromatic nitrogens is 1. The predicted octanol–water partition coefficient (Wildman–Crippen LogP) is 5.47. The first kappa shape index (κ1) is 32.9.